The highest BCUT2D eigenvalue weighted by molar-refractivity contribution is 9.10. The van der Waals surface area contributed by atoms with Crippen molar-refractivity contribution in [1.82, 2.24) is 14.8 Å². The van der Waals surface area contributed by atoms with Crippen molar-refractivity contribution in [2.75, 3.05) is 0 Å². The van der Waals surface area contributed by atoms with Crippen LogP contribution in [0, 0.1) is 0 Å². The lowest BCUT2D eigenvalue weighted by molar-refractivity contribution is 0.111. The normalized spacial score (nSPS) is 10.4. The van der Waals surface area contributed by atoms with Crippen LogP contribution in [0.4, 0.5) is 0 Å². The molecule has 4 nitrogen and oxygen atoms in total. The molecule has 0 radical (unpaired) electrons. The predicted octanol–water partition coefficient (Wildman–Crippen LogP) is 1.30. The summed E-state index contributed by atoms with van der Waals surface area (Å²) in [6, 6.07) is 3.62. The van der Waals surface area contributed by atoms with Gasteiger partial charge in [-0.1, -0.05) is 0 Å². The van der Waals surface area contributed by atoms with E-state index in [0.29, 0.717) is 16.5 Å². The molecule has 0 saturated heterocycles. The van der Waals surface area contributed by atoms with Crippen molar-refractivity contribution in [1.29, 1.82) is 0 Å². The molecular weight excluding hydrogens is 222 g/mol. The van der Waals surface area contributed by atoms with E-state index in [9.17, 15) is 4.79 Å². The first-order valence-electron chi connectivity index (χ1n) is 3.27. The largest absolute Gasteiger partial charge is 0.296 e. The first kappa shape index (κ1) is 7.42. The van der Waals surface area contributed by atoms with Gasteiger partial charge in [-0.2, -0.15) is 5.10 Å². The van der Waals surface area contributed by atoms with Gasteiger partial charge < -0.3 is 0 Å². The second-order valence-electron chi connectivity index (χ2n) is 2.22. The third-order valence-corrected chi connectivity index (χ3v) is 2.31. The van der Waals surface area contributed by atoms with Crippen LogP contribution in [0.5, 0.6) is 0 Å². The summed E-state index contributed by atoms with van der Waals surface area (Å²) in [5.41, 5.74) is 1.16. The van der Waals surface area contributed by atoms with E-state index in [1.54, 1.807) is 12.3 Å². The summed E-state index contributed by atoms with van der Waals surface area (Å²) in [6.45, 7) is 0. The van der Waals surface area contributed by atoms with Gasteiger partial charge in [0.05, 0.1) is 4.47 Å². The van der Waals surface area contributed by atoms with E-state index in [4.69, 9.17) is 0 Å². The van der Waals surface area contributed by atoms with Crippen molar-refractivity contribution in [2.45, 2.75) is 0 Å². The average Bonchev–Trinajstić information content (AvgIpc) is 2.44. The Morgan fingerprint density at radius 3 is 3.08 bits per heavy atom. The molecule has 2 rings (SSSR count). The lowest BCUT2D eigenvalue weighted by atomic mass is 10.4. The van der Waals surface area contributed by atoms with Crippen LogP contribution in [0.1, 0.15) is 10.5 Å². The molecule has 0 N–H and O–H groups in total. The molecule has 0 aliphatic rings. The zero-order valence-electron chi connectivity index (χ0n) is 5.94. The number of hydrogen-bond donors (Lipinski definition) is 0. The Labute approximate surface area is 76.3 Å². The summed E-state index contributed by atoms with van der Waals surface area (Å²) in [5, 5.41) is 7.85. The van der Waals surface area contributed by atoms with Gasteiger partial charge in [0, 0.05) is 6.20 Å². The Bertz CT molecular complexity index is 437. The van der Waals surface area contributed by atoms with Crippen LogP contribution in [0.25, 0.3) is 5.52 Å². The third-order valence-electron chi connectivity index (χ3n) is 1.50. The van der Waals surface area contributed by atoms with E-state index in [1.807, 2.05) is 6.07 Å². The minimum absolute atomic E-state index is 0.369. The molecule has 0 saturated carbocycles. The molecule has 0 bridgehead atoms. The maximum Gasteiger partial charge on any atom is 0.171 e. The number of rotatable bonds is 1. The maximum absolute atomic E-state index is 10.5. The molecule has 0 unspecified atom stereocenters. The molecule has 5 heteroatoms. The van der Waals surface area contributed by atoms with E-state index < -0.39 is 0 Å². The van der Waals surface area contributed by atoms with Crippen molar-refractivity contribution < 1.29 is 4.79 Å². The van der Waals surface area contributed by atoms with Crippen molar-refractivity contribution >= 4 is 27.7 Å². The Morgan fingerprint density at radius 2 is 2.42 bits per heavy atom. The van der Waals surface area contributed by atoms with Crippen LogP contribution >= 0.6 is 15.9 Å². The molecule has 0 fully saturated rings. The number of aromatic nitrogens is 3. The summed E-state index contributed by atoms with van der Waals surface area (Å²) in [4.78, 5) is 10.5. The standard InChI is InChI=1S/C7H4BrN3O/c8-7-5(4-12)10-11-6(7)2-1-3-9-11/h1-4H. The molecule has 2 aromatic heterocycles. The van der Waals surface area contributed by atoms with Crippen LogP contribution in [0.15, 0.2) is 22.8 Å². The van der Waals surface area contributed by atoms with Crippen LogP contribution in [-0.4, -0.2) is 21.1 Å². The van der Waals surface area contributed by atoms with Crippen molar-refractivity contribution in [3.63, 3.8) is 0 Å². The fraction of sp³-hybridized carbons (Fsp3) is 0. The van der Waals surface area contributed by atoms with Crippen molar-refractivity contribution in [3.8, 4) is 0 Å². The van der Waals surface area contributed by atoms with Crippen LogP contribution in [0.2, 0.25) is 0 Å². The minimum atomic E-state index is 0.369. The molecule has 0 aromatic carbocycles. The summed E-state index contributed by atoms with van der Waals surface area (Å²) in [6.07, 6.45) is 2.31. The highest BCUT2D eigenvalue weighted by Crippen LogP contribution is 2.19. The van der Waals surface area contributed by atoms with Gasteiger partial charge in [0.2, 0.25) is 0 Å². The van der Waals surface area contributed by atoms with E-state index in [2.05, 4.69) is 26.1 Å². The molecule has 0 amide bonds. The predicted molar refractivity (Wildman–Crippen MR) is 46.1 cm³/mol. The number of carbonyl (C=O) groups is 1. The molecule has 2 heterocycles. The Kier molecular flexibility index (Phi) is 1.65. The minimum Gasteiger partial charge on any atom is -0.296 e. The van der Waals surface area contributed by atoms with Gasteiger partial charge in [-0.05, 0) is 28.1 Å². The number of carbonyl (C=O) groups excluding carboxylic acids is 1. The van der Waals surface area contributed by atoms with Crippen LogP contribution in [0.3, 0.4) is 0 Å². The fourth-order valence-electron chi connectivity index (χ4n) is 0.958. The maximum atomic E-state index is 10.5. The summed E-state index contributed by atoms with van der Waals surface area (Å²) < 4.78 is 2.10. The molecular formula is C7H4BrN3O. The topological polar surface area (TPSA) is 47.3 Å². The fourth-order valence-corrected chi connectivity index (χ4v) is 1.42. The first-order valence-corrected chi connectivity index (χ1v) is 4.07. The summed E-state index contributed by atoms with van der Waals surface area (Å²) >= 11 is 3.26. The first-order chi connectivity index (χ1) is 5.83. The second-order valence-corrected chi connectivity index (χ2v) is 3.01. The van der Waals surface area contributed by atoms with E-state index in [1.165, 1.54) is 4.63 Å². The highest BCUT2D eigenvalue weighted by atomic mass is 79.9. The van der Waals surface area contributed by atoms with Gasteiger partial charge in [-0.3, -0.25) is 4.79 Å². The molecule has 2 aromatic rings. The van der Waals surface area contributed by atoms with Gasteiger partial charge >= 0.3 is 0 Å². The van der Waals surface area contributed by atoms with Gasteiger partial charge in [-0.15, -0.1) is 9.73 Å². The zero-order chi connectivity index (χ0) is 8.55. The monoisotopic (exact) mass is 225 g/mol. The highest BCUT2D eigenvalue weighted by Gasteiger charge is 2.08. The Balaban J connectivity index is 2.87. The number of nitrogens with zero attached hydrogens (tertiary/aromatic N) is 3. The van der Waals surface area contributed by atoms with E-state index in [0.717, 1.165) is 5.52 Å². The molecule has 0 aliphatic heterocycles. The van der Waals surface area contributed by atoms with Crippen molar-refractivity contribution in [3.05, 3.63) is 28.5 Å². The molecule has 12 heavy (non-hydrogen) atoms. The van der Waals surface area contributed by atoms with Gasteiger partial charge in [0.15, 0.2) is 6.29 Å². The average molecular weight is 226 g/mol. The van der Waals surface area contributed by atoms with E-state index in [-0.39, 0.29) is 0 Å². The van der Waals surface area contributed by atoms with Crippen molar-refractivity contribution in [2.24, 2.45) is 0 Å². The summed E-state index contributed by atoms with van der Waals surface area (Å²) in [5.74, 6) is 0. The van der Waals surface area contributed by atoms with Crippen LogP contribution < -0.4 is 0 Å². The Morgan fingerprint density at radius 1 is 1.58 bits per heavy atom. The quantitative estimate of drug-likeness (QED) is 0.688. The Hall–Kier alpha value is -1.23. The van der Waals surface area contributed by atoms with Gasteiger partial charge in [0.25, 0.3) is 0 Å². The van der Waals surface area contributed by atoms with Gasteiger partial charge in [-0.25, -0.2) is 0 Å². The molecule has 0 atom stereocenters. The second kappa shape index (κ2) is 2.67. The SMILES string of the molecule is O=Cc1nn2ncccc2c1Br. The molecule has 0 aliphatic carbocycles. The number of fused-ring (bicyclic) bond motifs is 1. The summed E-state index contributed by atoms with van der Waals surface area (Å²) in [7, 11) is 0. The molecule has 0 spiro atoms. The lowest BCUT2D eigenvalue weighted by Crippen LogP contribution is -1.91. The number of halogens is 1. The number of aldehydes is 1. The number of hydrogen-bond acceptors (Lipinski definition) is 3. The van der Waals surface area contributed by atoms with E-state index >= 15 is 0 Å². The smallest absolute Gasteiger partial charge is 0.171 e. The van der Waals surface area contributed by atoms with Gasteiger partial charge in [0.1, 0.15) is 11.2 Å². The van der Waals surface area contributed by atoms with Crippen LogP contribution in [-0.2, 0) is 0 Å². The third kappa shape index (κ3) is 0.937. The zero-order valence-corrected chi connectivity index (χ0v) is 7.52. The molecule has 60 valence electrons. The lowest BCUT2D eigenvalue weighted by Gasteiger charge is -1.87.